The van der Waals surface area contributed by atoms with Crippen molar-refractivity contribution >= 4 is 29.1 Å². The maximum Gasteiger partial charge on any atom is 0.254 e. The molecule has 2 rings (SSSR count). The summed E-state index contributed by atoms with van der Waals surface area (Å²) in [6.07, 6.45) is 0. The van der Waals surface area contributed by atoms with E-state index in [1.54, 1.807) is 45.9 Å². The Bertz CT molecular complexity index is 1030. The van der Waals surface area contributed by atoms with E-state index in [1.807, 2.05) is 20.8 Å². The molecule has 0 aliphatic carbocycles. The van der Waals surface area contributed by atoms with E-state index in [9.17, 15) is 14.4 Å². The summed E-state index contributed by atoms with van der Waals surface area (Å²) < 4.78 is 1.31. The quantitative estimate of drug-likeness (QED) is 0.768. The van der Waals surface area contributed by atoms with Crippen LogP contribution in [0.5, 0.6) is 0 Å². The molecule has 2 aromatic rings. The van der Waals surface area contributed by atoms with Gasteiger partial charge in [-0.05, 0) is 45.9 Å². The van der Waals surface area contributed by atoms with Gasteiger partial charge >= 0.3 is 0 Å². The molecule has 2 amide bonds. The number of carbonyl (C=O) groups excluding carboxylic acids is 2. The molecule has 1 heterocycles. The fraction of sp³-hybridized carbons (Fsp3) is 0.455. The summed E-state index contributed by atoms with van der Waals surface area (Å²) in [6.45, 7) is 12.6. The second-order valence-corrected chi connectivity index (χ2v) is 9.74. The van der Waals surface area contributed by atoms with Crippen LogP contribution >= 0.6 is 11.6 Å². The number of carbonyl (C=O) groups is 2. The number of rotatable bonds is 4. The largest absolute Gasteiger partial charge is 0.350 e. The summed E-state index contributed by atoms with van der Waals surface area (Å²) in [5.74, 6) is -0.0635. The second-order valence-electron chi connectivity index (χ2n) is 9.31. The van der Waals surface area contributed by atoms with E-state index in [0.717, 1.165) is 0 Å². The number of nitrogens with one attached hydrogen (secondary N) is 2. The lowest BCUT2D eigenvalue weighted by molar-refractivity contribution is -0.123. The third kappa shape index (κ3) is 6.16. The number of aryl methyl sites for hydroxylation is 1. The van der Waals surface area contributed by atoms with Crippen LogP contribution in [-0.4, -0.2) is 26.9 Å². The lowest BCUT2D eigenvalue weighted by Crippen LogP contribution is -2.43. The highest BCUT2D eigenvalue weighted by Gasteiger charge is 2.23. The minimum atomic E-state index is -0.604. The van der Waals surface area contributed by atoms with E-state index < -0.39 is 11.0 Å². The summed E-state index contributed by atoms with van der Waals surface area (Å²) in [6, 6.07) is 6.36. The van der Waals surface area contributed by atoms with Gasteiger partial charge in [-0.1, -0.05) is 32.4 Å². The van der Waals surface area contributed by atoms with Gasteiger partial charge in [-0.15, -0.1) is 0 Å². The Kier molecular flexibility index (Phi) is 6.76. The van der Waals surface area contributed by atoms with Crippen LogP contribution in [0.4, 0.5) is 5.69 Å². The molecule has 2 N–H and O–H groups in total. The van der Waals surface area contributed by atoms with E-state index in [-0.39, 0.29) is 23.9 Å². The van der Waals surface area contributed by atoms with E-state index in [4.69, 9.17) is 11.6 Å². The molecule has 1 aromatic heterocycles. The number of aromatic nitrogens is 2. The van der Waals surface area contributed by atoms with Crippen molar-refractivity contribution in [2.24, 2.45) is 5.41 Å². The fourth-order valence-electron chi connectivity index (χ4n) is 2.71. The molecule has 0 aliphatic rings. The van der Waals surface area contributed by atoms with Crippen molar-refractivity contribution < 1.29 is 9.59 Å². The van der Waals surface area contributed by atoms with Crippen LogP contribution in [0.3, 0.4) is 0 Å². The Morgan fingerprint density at radius 2 is 1.73 bits per heavy atom. The zero-order valence-electron chi connectivity index (χ0n) is 18.5. The minimum Gasteiger partial charge on any atom is -0.350 e. The molecule has 0 saturated carbocycles. The Labute approximate surface area is 181 Å². The van der Waals surface area contributed by atoms with Crippen LogP contribution in [0, 0.1) is 12.3 Å². The maximum absolute atomic E-state index is 12.7. The van der Waals surface area contributed by atoms with Crippen molar-refractivity contribution in [2.75, 3.05) is 5.32 Å². The van der Waals surface area contributed by atoms with E-state index >= 15 is 0 Å². The van der Waals surface area contributed by atoms with Gasteiger partial charge in [0.25, 0.3) is 5.56 Å². The molecule has 0 unspecified atom stereocenters. The Morgan fingerprint density at radius 1 is 1.10 bits per heavy atom. The summed E-state index contributed by atoms with van der Waals surface area (Å²) in [7, 11) is 0. The van der Waals surface area contributed by atoms with Gasteiger partial charge < -0.3 is 10.6 Å². The van der Waals surface area contributed by atoms with Crippen LogP contribution in [0.15, 0.2) is 29.1 Å². The number of amides is 2. The predicted molar refractivity (Wildman–Crippen MR) is 120 cm³/mol. The van der Waals surface area contributed by atoms with Gasteiger partial charge in [0.1, 0.15) is 12.4 Å². The standard InChI is InChI=1S/C22H29ClN4O3/c1-13-24-17(11-19(29)27(13)12-18(28)26-22(5,6)7)15-9-8-14(23)10-16(15)25-20(30)21(2,3)4/h8-11H,12H2,1-7H3,(H,25,30)(H,26,28). The van der Waals surface area contributed by atoms with Gasteiger partial charge in [0.05, 0.1) is 11.4 Å². The molecular formula is C22H29ClN4O3. The summed E-state index contributed by atoms with van der Waals surface area (Å²) >= 11 is 6.12. The minimum absolute atomic E-state index is 0.122. The number of halogens is 1. The summed E-state index contributed by atoms with van der Waals surface area (Å²) in [5, 5.41) is 6.15. The topological polar surface area (TPSA) is 93.1 Å². The second kappa shape index (κ2) is 8.60. The molecular weight excluding hydrogens is 404 g/mol. The highest BCUT2D eigenvalue weighted by Crippen LogP contribution is 2.30. The van der Waals surface area contributed by atoms with Crippen LogP contribution < -0.4 is 16.2 Å². The van der Waals surface area contributed by atoms with Crippen molar-refractivity contribution in [2.45, 2.75) is 60.5 Å². The van der Waals surface area contributed by atoms with Crippen molar-refractivity contribution in [3.63, 3.8) is 0 Å². The van der Waals surface area contributed by atoms with Crippen LogP contribution in [-0.2, 0) is 16.1 Å². The van der Waals surface area contributed by atoms with Crippen molar-refractivity contribution in [3.8, 4) is 11.3 Å². The Morgan fingerprint density at radius 3 is 2.27 bits per heavy atom. The van der Waals surface area contributed by atoms with Crippen LogP contribution in [0.25, 0.3) is 11.3 Å². The molecule has 0 bridgehead atoms. The molecule has 162 valence electrons. The van der Waals surface area contributed by atoms with Gasteiger partial charge in [0, 0.05) is 27.6 Å². The monoisotopic (exact) mass is 432 g/mol. The highest BCUT2D eigenvalue weighted by atomic mass is 35.5. The molecule has 0 saturated heterocycles. The van der Waals surface area contributed by atoms with E-state index in [1.165, 1.54) is 10.6 Å². The number of benzene rings is 1. The number of hydrogen-bond donors (Lipinski definition) is 2. The van der Waals surface area contributed by atoms with Gasteiger partial charge in [-0.2, -0.15) is 0 Å². The Balaban J connectivity index is 2.43. The average molecular weight is 433 g/mol. The molecule has 0 fully saturated rings. The smallest absolute Gasteiger partial charge is 0.254 e. The SMILES string of the molecule is Cc1nc(-c2ccc(Cl)cc2NC(=O)C(C)(C)C)cc(=O)n1CC(=O)NC(C)(C)C. The van der Waals surface area contributed by atoms with Crippen molar-refractivity contribution in [3.05, 3.63) is 45.5 Å². The van der Waals surface area contributed by atoms with Gasteiger partial charge in [-0.3, -0.25) is 19.0 Å². The molecule has 8 heteroatoms. The van der Waals surface area contributed by atoms with Crippen LogP contribution in [0.1, 0.15) is 47.4 Å². The first-order chi connectivity index (χ1) is 13.7. The van der Waals surface area contributed by atoms with E-state index in [0.29, 0.717) is 27.8 Å². The van der Waals surface area contributed by atoms with Gasteiger partial charge in [0.15, 0.2) is 0 Å². The fourth-order valence-corrected chi connectivity index (χ4v) is 2.88. The zero-order valence-corrected chi connectivity index (χ0v) is 19.3. The number of nitrogens with zero attached hydrogens (tertiary/aromatic N) is 2. The normalized spacial score (nSPS) is 11.9. The van der Waals surface area contributed by atoms with Crippen LogP contribution in [0.2, 0.25) is 5.02 Å². The molecule has 7 nitrogen and oxygen atoms in total. The van der Waals surface area contributed by atoms with Gasteiger partial charge in [-0.25, -0.2) is 4.98 Å². The highest BCUT2D eigenvalue weighted by molar-refractivity contribution is 6.31. The number of anilines is 1. The molecule has 0 radical (unpaired) electrons. The molecule has 0 atom stereocenters. The Hall–Kier alpha value is -2.67. The summed E-state index contributed by atoms with van der Waals surface area (Å²) in [4.78, 5) is 41.9. The average Bonchev–Trinajstić information content (AvgIpc) is 2.55. The first kappa shape index (κ1) is 23.6. The van der Waals surface area contributed by atoms with Crippen molar-refractivity contribution in [1.82, 2.24) is 14.9 Å². The van der Waals surface area contributed by atoms with Crippen molar-refractivity contribution in [1.29, 1.82) is 0 Å². The maximum atomic E-state index is 12.7. The molecule has 1 aromatic carbocycles. The molecule has 0 aliphatic heterocycles. The first-order valence-electron chi connectivity index (χ1n) is 9.68. The first-order valence-corrected chi connectivity index (χ1v) is 10.1. The number of hydrogen-bond acceptors (Lipinski definition) is 4. The predicted octanol–water partition coefficient (Wildman–Crippen LogP) is 3.77. The lowest BCUT2D eigenvalue weighted by atomic mass is 9.95. The molecule has 30 heavy (non-hydrogen) atoms. The van der Waals surface area contributed by atoms with E-state index in [2.05, 4.69) is 15.6 Å². The summed E-state index contributed by atoms with van der Waals surface area (Å²) in [5.41, 5.74) is 0.0777. The zero-order chi connectivity index (χ0) is 22.9. The van der Waals surface area contributed by atoms with Gasteiger partial charge in [0.2, 0.25) is 11.8 Å². The lowest BCUT2D eigenvalue weighted by Gasteiger charge is -2.21. The third-order valence-corrected chi connectivity index (χ3v) is 4.44. The molecule has 0 spiro atoms. The third-order valence-electron chi connectivity index (χ3n) is 4.20.